The number of aryl methyl sites for hydroxylation is 1. The summed E-state index contributed by atoms with van der Waals surface area (Å²) in [6.07, 6.45) is 0.813. The van der Waals surface area contributed by atoms with Gasteiger partial charge in [0.25, 0.3) is 0 Å². The molecule has 0 saturated heterocycles. The smallest absolute Gasteiger partial charge is 0.348 e. The van der Waals surface area contributed by atoms with Crippen molar-refractivity contribution >= 4 is 50.9 Å². The molecule has 1 amide bonds. The molecule has 0 aliphatic carbocycles. The second-order valence-electron chi connectivity index (χ2n) is 6.43. The lowest BCUT2D eigenvalue weighted by molar-refractivity contribution is -0.113. The Labute approximate surface area is 183 Å². The summed E-state index contributed by atoms with van der Waals surface area (Å²) in [6, 6.07) is 12.0. The van der Waals surface area contributed by atoms with Crippen molar-refractivity contribution in [2.75, 3.05) is 17.7 Å². The minimum atomic E-state index is -0.487. The first-order chi connectivity index (χ1) is 14.5. The summed E-state index contributed by atoms with van der Waals surface area (Å²) >= 11 is 2.42. The Hall–Kier alpha value is -2.89. The number of nitrogens with zero attached hydrogens (tertiary/aromatic N) is 2. The van der Waals surface area contributed by atoms with Crippen LogP contribution in [0.1, 0.15) is 40.2 Å². The molecule has 0 fully saturated rings. The first-order valence-electron chi connectivity index (χ1n) is 9.50. The molecule has 0 bridgehead atoms. The van der Waals surface area contributed by atoms with Gasteiger partial charge in [-0.2, -0.15) is 5.26 Å². The Kier molecular flexibility index (Phi) is 7.08. The van der Waals surface area contributed by atoms with E-state index >= 15 is 0 Å². The van der Waals surface area contributed by atoms with Crippen molar-refractivity contribution in [3.05, 3.63) is 51.9 Å². The fourth-order valence-corrected chi connectivity index (χ4v) is 4.90. The molecular formula is C22H21N3O3S2. The lowest BCUT2D eigenvalue weighted by Gasteiger charge is -2.09. The van der Waals surface area contributed by atoms with E-state index in [0.29, 0.717) is 21.0 Å². The van der Waals surface area contributed by atoms with E-state index in [0.717, 1.165) is 39.2 Å². The number of thiophene rings is 1. The number of amides is 1. The van der Waals surface area contributed by atoms with E-state index < -0.39 is 5.97 Å². The lowest BCUT2D eigenvalue weighted by Crippen LogP contribution is -2.14. The van der Waals surface area contributed by atoms with Crippen LogP contribution in [0.3, 0.4) is 0 Å². The quantitative estimate of drug-likeness (QED) is 0.414. The number of aromatic nitrogens is 1. The first-order valence-corrected chi connectivity index (χ1v) is 11.3. The van der Waals surface area contributed by atoms with Gasteiger partial charge >= 0.3 is 5.97 Å². The number of anilines is 1. The number of carbonyl (C=O) groups is 2. The largest absolute Gasteiger partial charge is 0.462 e. The molecule has 0 atom stereocenters. The van der Waals surface area contributed by atoms with Crippen LogP contribution in [-0.4, -0.2) is 29.2 Å². The van der Waals surface area contributed by atoms with Gasteiger partial charge in [-0.25, -0.2) is 9.78 Å². The molecule has 2 aromatic heterocycles. The minimum absolute atomic E-state index is 0.148. The predicted octanol–water partition coefficient (Wildman–Crippen LogP) is 4.95. The third kappa shape index (κ3) is 4.64. The van der Waals surface area contributed by atoms with Crippen LogP contribution < -0.4 is 5.32 Å². The van der Waals surface area contributed by atoms with Gasteiger partial charge in [0.2, 0.25) is 5.91 Å². The highest BCUT2D eigenvalue weighted by atomic mass is 32.2. The molecule has 0 aliphatic rings. The van der Waals surface area contributed by atoms with Crippen molar-refractivity contribution in [1.29, 1.82) is 5.26 Å². The Balaban J connectivity index is 1.75. The number of nitrogens with one attached hydrogen (secondary N) is 1. The molecule has 3 aromatic rings. The molecule has 8 heteroatoms. The molecule has 0 aliphatic heterocycles. The van der Waals surface area contributed by atoms with E-state index in [-0.39, 0.29) is 18.3 Å². The van der Waals surface area contributed by atoms with E-state index in [1.807, 2.05) is 24.3 Å². The van der Waals surface area contributed by atoms with Gasteiger partial charge in [-0.3, -0.25) is 4.79 Å². The molecule has 0 spiro atoms. The summed E-state index contributed by atoms with van der Waals surface area (Å²) in [4.78, 5) is 29.7. The highest BCUT2D eigenvalue weighted by Gasteiger charge is 2.22. The van der Waals surface area contributed by atoms with Gasteiger partial charge in [0.15, 0.2) is 0 Å². The van der Waals surface area contributed by atoms with E-state index in [1.165, 1.54) is 11.8 Å². The van der Waals surface area contributed by atoms with Gasteiger partial charge in [-0.15, -0.1) is 11.3 Å². The molecule has 154 valence electrons. The predicted molar refractivity (Wildman–Crippen MR) is 120 cm³/mol. The zero-order valence-electron chi connectivity index (χ0n) is 16.9. The second-order valence-corrected chi connectivity index (χ2v) is 8.41. The van der Waals surface area contributed by atoms with Crippen molar-refractivity contribution in [3.63, 3.8) is 0 Å². The van der Waals surface area contributed by atoms with Crippen molar-refractivity contribution < 1.29 is 14.3 Å². The first kappa shape index (κ1) is 21.8. The molecule has 1 N–H and O–H groups in total. The summed E-state index contributed by atoms with van der Waals surface area (Å²) in [7, 11) is 0. The molecule has 0 radical (unpaired) electrons. The van der Waals surface area contributed by atoms with Gasteiger partial charge in [0.05, 0.1) is 23.4 Å². The van der Waals surface area contributed by atoms with Crippen molar-refractivity contribution in [2.24, 2.45) is 0 Å². The number of esters is 1. The van der Waals surface area contributed by atoms with Gasteiger partial charge in [-0.1, -0.05) is 36.9 Å². The van der Waals surface area contributed by atoms with Crippen LogP contribution >= 0.6 is 23.1 Å². The number of benzene rings is 1. The molecule has 2 heterocycles. The highest BCUT2D eigenvalue weighted by molar-refractivity contribution is 8.00. The second kappa shape index (κ2) is 9.74. The summed E-state index contributed by atoms with van der Waals surface area (Å²) in [5.41, 5.74) is 2.78. The average Bonchev–Trinajstić information content (AvgIpc) is 3.06. The monoisotopic (exact) mass is 439 g/mol. The van der Waals surface area contributed by atoms with Gasteiger partial charge < -0.3 is 10.1 Å². The fourth-order valence-electron chi connectivity index (χ4n) is 2.94. The Bertz CT molecular complexity index is 1150. The van der Waals surface area contributed by atoms with Gasteiger partial charge in [0.1, 0.15) is 21.0 Å². The van der Waals surface area contributed by atoms with E-state index in [2.05, 4.69) is 24.4 Å². The number of nitriles is 1. The molecule has 1 aromatic carbocycles. The number of hydrogen-bond acceptors (Lipinski definition) is 7. The molecular weight excluding hydrogens is 418 g/mol. The summed E-state index contributed by atoms with van der Waals surface area (Å²) in [5.74, 6) is -0.598. The lowest BCUT2D eigenvalue weighted by atomic mass is 10.1. The number of rotatable bonds is 7. The average molecular weight is 440 g/mol. The van der Waals surface area contributed by atoms with Crippen LogP contribution in [0.4, 0.5) is 5.00 Å². The summed E-state index contributed by atoms with van der Waals surface area (Å²) < 4.78 is 5.03. The molecule has 0 unspecified atom stereocenters. The number of fused-ring (bicyclic) bond motifs is 1. The van der Waals surface area contributed by atoms with Crippen LogP contribution in [0, 0.1) is 18.3 Å². The molecule has 6 nitrogen and oxygen atoms in total. The Morgan fingerprint density at radius 2 is 2.07 bits per heavy atom. The Morgan fingerprint density at radius 1 is 1.30 bits per heavy atom. The number of carbonyl (C=O) groups excluding carboxylic acids is 2. The number of thioether (sulfide) groups is 1. The normalized spacial score (nSPS) is 10.6. The van der Waals surface area contributed by atoms with Gasteiger partial charge in [0, 0.05) is 5.39 Å². The summed E-state index contributed by atoms with van der Waals surface area (Å²) in [5, 5.41) is 14.5. The maximum Gasteiger partial charge on any atom is 0.348 e. The van der Waals surface area contributed by atoms with Crippen molar-refractivity contribution in [1.82, 2.24) is 4.98 Å². The van der Waals surface area contributed by atoms with Crippen molar-refractivity contribution in [3.8, 4) is 6.07 Å². The van der Waals surface area contributed by atoms with Gasteiger partial charge in [-0.05, 0) is 43.5 Å². The number of para-hydroxylation sites is 1. The van der Waals surface area contributed by atoms with E-state index in [9.17, 15) is 14.9 Å². The van der Waals surface area contributed by atoms with E-state index in [1.54, 1.807) is 13.8 Å². The Morgan fingerprint density at radius 3 is 2.77 bits per heavy atom. The fraction of sp³-hybridized carbons (Fsp3) is 0.273. The third-order valence-corrected chi connectivity index (χ3v) is 6.68. The molecule has 0 saturated carbocycles. The maximum absolute atomic E-state index is 12.6. The summed E-state index contributed by atoms with van der Waals surface area (Å²) in [6.45, 7) is 5.70. The zero-order valence-corrected chi connectivity index (χ0v) is 18.6. The van der Waals surface area contributed by atoms with Crippen LogP contribution in [0.15, 0.2) is 35.4 Å². The minimum Gasteiger partial charge on any atom is -0.462 e. The number of ether oxygens (including phenoxy) is 1. The third-order valence-electron chi connectivity index (χ3n) is 4.46. The zero-order chi connectivity index (χ0) is 21.7. The standard InChI is InChI=1S/C22H21N3O3S2/c1-4-14-10-15-8-6-7-9-17(15)24-20(14)29-12-18(26)25-21-16(11-23)13(3)19(30-21)22(27)28-5-2/h6-10H,4-5,12H2,1-3H3,(H,25,26). The maximum atomic E-state index is 12.6. The topological polar surface area (TPSA) is 92.1 Å². The van der Waals surface area contributed by atoms with Crippen LogP contribution in [0.25, 0.3) is 10.9 Å². The number of pyridine rings is 1. The van der Waals surface area contributed by atoms with Crippen LogP contribution in [-0.2, 0) is 16.0 Å². The van der Waals surface area contributed by atoms with Crippen molar-refractivity contribution in [2.45, 2.75) is 32.2 Å². The van der Waals surface area contributed by atoms with Crippen LogP contribution in [0.2, 0.25) is 0 Å². The molecule has 30 heavy (non-hydrogen) atoms. The van der Waals surface area contributed by atoms with E-state index in [4.69, 9.17) is 9.72 Å². The molecule has 3 rings (SSSR count). The highest BCUT2D eigenvalue weighted by Crippen LogP contribution is 2.33. The SMILES string of the molecule is CCOC(=O)c1sc(NC(=O)CSc2nc3ccccc3cc2CC)c(C#N)c1C. The number of hydrogen-bond donors (Lipinski definition) is 1. The van der Waals surface area contributed by atoms with Crippen LogP contribution in [0.5, 0.6) is 0 Å².